The molecule has 2 heterocycles. The molecule has 0 unspecified atom stereocenters. The highest BCUT2D eigenvalue weighted by atomic mass is 16.6. The molecule has 0 fully saturated rings. The van der Waals surface area contributed by atoms with E-state index in [-0.39, 0.29) is 0 Å². The van der Waals surface area contributed by atoms with Crippen LogP contribution >= 0.6 is 0 Å². The van der Waals surface area contributed by atoms with Crippen LogP contribution in [-0.4, -0.2) is 59.1 Å². The number of anilines is 2. The normalized spacial score (nSPS) is 13.2. The molecule has 0 atom stereocenters. The summed E-state index contributed by atoms with van der Waals surface area (Å²) in [4.78, 5) is 28.4. The van der Waals surface area contributed by atoms with E-state index in [1.165, 1.54) is 0 Å². The number of ether oxygens (including phenoxy) is 2. The molecule has 0 saturated heterocycles. The fraction of sp³-hybridized carbons (Fsp3) is 0.410. The van der Waals surface area contributed by atoms with E-state index in [0.29, 0.717) is 19.5 Å². The number of hydrogen-bond acceptors (Lipinski definition) is 8. The van der Waals surface area contributed by atoms with E-state index >= 15 is 0 Å². The van der Waals surface area contributed by atoms with Crippen LogP contribution in [0.2, 0.25) is 0 Å². The summed E-state index contributed by atoms with van der Waals surface area (Å²) in [5.74, 6) is 0.818. The van der Waals surface area contributed by atoms with Crippen LogP contribution in [-0.2, 0) is 21.6 Å². The van der Waals surface area contributed by atoms with Crippen LogP contribution in [0.25, 0.3) is 0 Å². The molecule has 0 bridgehead atoms. The molecule has 2 amide bonds. The SMILES string of the molecule is CC(C)(C)OC(=O)NC(NC(=O)OC(C)(C)C)N(CCCNC(c1ccccc1)(c1ccccc1)c1ccccc1)c1cnn2c1NCCC2. The van der Waals surface area contributed by atoms with Crippen molar-refractivity contribution in [3.05, 3.63) is 114 Å². The summed E-state index contributed by atoms with van der Waals surface area (Å²) in [7, 11) is 0. The van der Waals surface area contributed by atoms with Gasteiger partial charge in [-0.3, -0.25) is 16.0 Å². The number of carbonyl (C=O) groups is 2. The number of alkyl carbamates (subject to hydrolysis) is 2. The topological polar surface area (TPSA) is 122 Å². The number of carbonyl (C=O) groups excluding carboxylic acids is 2. The molecule has 0 spiro atoms. The van der Waals surface area contributed by atoms with Crippen LogP contribution in [0.3, 0.4) is 0 Å². The minimum absolute atomic E-state index is 0.429. The van der Waals surface area contributed by atoms with Gasteiger partial charge in [-0.25, -0.2) is 14.3 Å². The molecule has 266 valence electrons. The zero-order valence-electron chi connectivity index (χ0n) is 30.0. The van der Waals surface area contributed by atoms with Gasteiger partial charge in [0.15, 0.2) is 6.29 Å². The second-order valence-corrected chi connectivity index (χ2v) is 14.4. The van der Waals surface area contributed by atoms with Crippen molar-refractivity contribution in [3.8, 4) is 0 Å². The van der Waals surface area contributed by atoms with E-state index < -0.39 is 35.2 Å². The van der Waals surface area contributed by atoms with Crippen molar-refractivity contribution in [1.29, 1.82) is 0 Å². The maximum absolute atomic E-state index is 13.2. The zero-order valence-corrected chi connectivity index (χ0v) is 30.0. The average Bonchev–Trinajstić information content (AvgIpc) is 3.50. The van der Waals surface area contributed by atoms with E-state index in [2.05, 4.69) is 99.2 Å². The van der Waals surface area contributed by atoms with Gasteiger partial charge in [0.25, 0.3) is 0 Å². The van der Waals surface area contributed by atoms with Crippen LogP contribution < -0.4 is 26.2 Å². The largest absolute Gasteiger partial charge is 0.444 e. The van der Waals surface area contributed by atoms with Crippen LogP contribution in [0.4, 0.5) is 21.1 Å². The van der Waals surface area contributed by atoms with Gasteiger partial charge in [-0.05, 0) is 77.6 Å². The van der Waals surface area contributed by atoms with Crippen LogP contribution in [0.15, 0.2) is 97.2 Å². The van der Waals surface area contributed by atoms with E-state index in [4.69, 9.17) is 9.47 Å². The van der Waals surface area contributed by atoms with Crippen molar-refractivity contribution in [3.63, 3.8) is 0 Å². The first-order chi connectivity index (χ1) is 23.9. The summed E-state index contributed by atoms with van der Waals surface area (Å²) in [6.07, 6.45) is 0.970. The zero-order chi connectivity index (χ0) is 35.8. The molecule has 1 aliphatic heterocycles. The number of nitrogens with zero attached hydrogens (tertiary/aromatic N) is 3. The Morgan fingerprint density at radius 3 is 1.74 bits per heavy atom. The number of nitrogens with one attached hydrogen (secondary N) is 4. The minimum atomic E-state index is -1.01. The second kappa shape index (κ2) is 15.7. The number of benzene rings is 3. The summed E-state index contributed by atoms with van der Waals surface area (Å²) >= 11 is 0. The molecule has 1 aliphatic rings. The van der Waals surface area contributed by atoms with E-state index in [1.807, 2.05) is 27.8 Å². The molecule has 3 aromatic carbocycles. The summed E-state index contributed by atoms with van der Waals surface area (Å²) in [6, 6.07) is 31.3. The lowest BCUT2D eigenvalue weighted by Crippen LogP contribution is -2.60. The standard InChI is InChI=1S/C39H51N7O4/c1-37(2,3)49-35(47)43-34(44-36(48)50-38(4,5)6)45(32-28-42-46-27-16-24-40-33(32)46)26-17-25-41-39(29-18-10-7-11-19-29,30-20-12-8-13-21-30)31-22-14-9-15-23-31/h7-15,18-23,28,34,40-41H,16-17,24-27H2,1-6H3,(H,43,47)(H,44,48). The third-order valence-electron chi connectivity index (χ3n) is 8.17. The summed E-state index contributed by atoms with van der Waals surface area (Å²) < 4.78 is 13.2. The van der Waals surface area contributed by atoms with E-state index in [1.54, 1.807) is 47.7 Å². The van der Waals surface area contributed by atoms with Gasteiger partial charge < -0.3 is 19.7 Å². The Kier molecular flexibility index (Phi) is 11.4. The quantitative estimate of drug-likeness (QED) is 0.0731. The lowest BCUT2D eigenvalue weighted by Gasteiger charge is -2.38. The van der Waals surface area contributed by atoms with Gasteiger partial charge in [0.1, 0.15) is 22.7 Å². The van der Waals surface area contributed by atoms with Gasteiger partial charge >= 0.3 is 12.2 Å². The molecule has 5 rings (SSSR count). The van der Waals surface area contributed by atoms with Crippen molar-refractivity contribution in [2.24, 2.45) is 0 Å². The van der Waals surface area contributed by atoms with Crippen LogP contribution in [0.1, 0.15) is 71.1 Å². The first kappa shape index (κ1) is 36.3. The predicted molar refractivity (Wildman–Crippen MR) is 197 cm³/mol. The lowest BCUT2D eigenvalue weighted by molar-refractivity contribution is 0.0423. The third kappa shape index (κ3) is 9.15. The summed E-state index contributed by atoms with van der Waals surface area (Å²) in [5.41, 5.74) is 1.94. The van der Waals surface area contributed by atoms with Crippen LogP contribution in [0.5, 0.6) is 0 Å². The minimum Gasteiger partial charge on any atom is -0.444 e. The van der Waals surface area contributed by atoms with Gasteiger partial charge in [-0.2, -0.15) is 5.10 Å². The summed E-state index contributed by atoms with van der Waals surface area (Å²) in [5, 5.41) is 17.8. The fourth-order valence-electron chi connectivity index (χ4n) is 6.19. The van der Waals surface area contributed by atoms with Gasteiger partial charge in [0.05, 0.1) is 11.7 Å². The maximum Gasteiger partial charge on any atom is 0.410 e. The predicted octanol–water partition coefficient (Wildman–Crippen LogP) is 6.81. The number of aromatic nitrogens is 2. The highest BCUT2D eigenvalue weighted by Crippen LogP contribution is 2.37. The molecule has 50 heavy (non-hydrogen) atoms. The van der Waals surface area contributed by atoms with Crippen molar-refractivity contribution >= 4 is 23.7 Å². The number of aryl methyl sites for hydroxylation is 1. The van der Waals surface area contributed by atoms with E-state index in [9.17, 15) is 9.59 Å². The van der Waals surface area contributed by atoms with Crippen LogP contribution in [0, 0.1) is 0 Å². The average molecular weight is 682 g/mol. The third-order valence-corrected chi connectivity index (χ3v) is 8.17. The highest BCUT2D eigenvalue weighted by Gasteiger charge is 2.36. The highest BCUT2D eigenvalue weighted by molar-refractivity contribution is 5.74. The second-order valence-electron chi connectivity index (χ2n) is 14.4. The molecule has 11 nitrogen and oxygen atoms in total. The molecule has 0 radical (unpaired) electrons. The Balaban J connectivity index is 1.48. The Labute approximate surface area is 295 Å². The molecule has 0 aliphatic carbocycles. The molecule has 0 saturated carbocycles. The van der Waals surface area contributed by atoms with Gasteiger partial charge in [-0.1, -0.05) is 91.0 Å². The van der Waals surface area contributed by atoms with Crippen molar-refractivity contribution in [2.75, 3.05) is 29.9 Å². The number of fused-ring (bicyclic) bond motifs is 1. The number of hydrogen-bond donors (Lipinski definition) is 4. The smallest absolute Gasteiger partial charge is 0.410 e. The van der Waals surface area contributed by atoms with Gasteiger partial charge in [0, 0.05) is 19.6 Å². The molecule has 4 aromatic rings. The maximum atomic E-state index is 13.2. The Hall–Kier alpha value is -5.03. The number of amides is 2. The molecule has 11 heteroatoms. The van der Waals surface area contributed by atoms with Crippen molar-refractivity contribution in [1.82, 2.24) is 25.7 Å². The van der Waals surface area contributed by atoms with E-state index in [0.717, 1.165) is 47.7 Å². The first-order valence-electron chi connectivity index (χ1n) is 17.3. The monoisotopic (exact) mass is 681 g/mol. The van der Waals surface area contributed by atoms with Gasteiger partial charge in [-0.15, -0.1) is 0 Å². The summed E-state index contributed by atoms with van der Waals surface area (Å²) in [6.45, 7) is 13.3. The number of rotatable bonds is 12. The van der Waals surface area contributed by atoms with Gasteiger partial charge in [0.2, 0.25) is 0 Å². The lowest BCUT2D eigenvalue weighted by atomic mass is 9.77. The Morgan fingerprint density at radius 2 is 1.28 bits per heavy atom. The van der Waals surface area contributed by atoms with Crippen molar-refractivity contribution < 1.29 is 19.1 Å². The Bertz CT molecular complexity index is 1560. The Morgan fingerprint density at radius 1 is 0.800 bits per heavy atom. The molecular formula is C39H51N7O4. The first-order valence-corrected chi connectivity index (χ1v) is 17.3. The van der Waals surface area contributed by atoms with Crippen molar-refractivity contribution in [2.45, 2.75) is 84.0 Å². The molecular weight excluding hydrogens is 630 g/mol. The fourth-order valence-corrected chi connectivity index (χ4v) is 6.19. The molecule has 1 aromatic heterocycles. The molecule has 4 N–H and O–H groups in total.